The van der Waals surface area contributed by atoms with Crippen LogP contribution >= 0.6 is 23.2 Å². The number of esters is 2. The van der Waals surface area contributed by atoms with Crippen molar-refractivity contribution in [2.75, 3.05) is 6.61 Å². The van der Waals surface area contributed by atoms with Crippen LogP contribution in [0.1, 0.15) is 57.7 Å². The van der Waals surface area contributed by atoms with Crippen molar-refractivity contribution in [3.8, 4) is 11.1 Å². The molecule has 6 heteroatoms. The van der Waals surface area contributed by atoms with Crippen LogP contribution in [-0.4, -0.2) is 18.5 Å². The van der Waals surface area contributed by atoms with Crippen LogP contribution in [0.25, 0.3) is 11.1 Å². The molecule has 1 aliphatic carbocycles. The summed E-state index contributed by atoms with van der Waals surface area (Å²) in [5.74, 6) is -0.945. The summed E-state index contributed by atoms with van der Waals surface area (Å²) in [7, 11) is 0. The highest BCUT2D eigenvalue weighted by Gasteiger charge is 2.41. The summed E-state index contributed by atoms with van der Waals surface area (Å²) in [6.07, 6.45) is 2.48. The van der Waals surface area contributed by atoms with Gasteiger partial charge in [-0.05, 0) is 59.9 Å². The van der Waals surface area contributed by atoms with Gasteiger partial charge in [-0.25, -0.2) is 9.59 Å². The molecule has 4 nitrogen and oxygen atoms in total. The SMILES string of the molecule is C=C(CC)COC(=O)c1ccc2c(c1)C(Cl)(Cl)c1cc(C(=O)OCc3ccccc3)ccc1-2.C=CC. The molecule has 0 spiro atoms. The topological polar surface area (TPSA) is 52.6 Å². The van der Waals surface area contributed by atoms with Gasteiger partial charge in [0.15, 0.2) is 4.33 Å². The Kier molecular flexibility index (Phi) is 9.14. The second-order valence-corrected chi connectivity index (χ2v) is 9.57. The number of carbonyl (C=O) groups is 2. The number of rotatable bonds is 7. The first kappa shape index (κ1) is 27.3. The van der Waals surface area contributed by atoms with Crippen molar-refractivity contribution in [1.29, 1.82) is 0 Å². The minimum absolute atomic E-state index is 0.161. The van der Waals surface area contributed by atoms with Crippen LogP contribution in [0.3, 0.4) is 0 Å². The van der Waals surface area contributed by atoms with E-state index in [1.54, 1.807) is 42.5 Å². The molecule has 0 aliphatic heterocycles. The summed E-state index contributed by atoms with van der Waals surface area (Å²) in [6, 6.07) is 19.7. The Morgan fingerprint density at radius 2 is 1.39 bits per heavy atom. The Bertz CT molecular complexity index is 1280. The average molecular weight is 523 g/mol. The highest BCUT2D eigenvalue weighted by Crippen LogP contribution is 2.54. The van der Waals surface area contributed by atoms with Gasteiger partial charge in [0, 0.05) is 11.1 Å². The van der Waals surface area contributed by atoms with Crippen molar-refractivity contribution in [3.63, 3.8) is 0 Å². The summed E-state index contributed by atoms with van der Waals surface area (Å²) in [6.45, 7) is 11.4. The van der Waals surface area contributed by atoms with Crippen molar-refractivity contribution in [1.82, 2.24) is 0 Å². The van der Waals surface area contributed by atoms with Crippen LogP contribution in [0.2, 0.25) is 0 Å². The number of carbonyl (C=O) groups excluding carboxylic acids is 2. The molecule has 36 heavy (non-hydrogen) atoms. The second-order valence-electron chi connectivity index (χ2n) is 8.24. The molecular weight excluding hydrogens is 495 g/mol. The summed E-state index contributed by atoms with van der Waals surface area (Å²) < 4.78 is 9.32. The molecule has 0 radical (unpaired) electrons. The zero-order valence-electron chi connectivity index (χ0n) is 20.4. The molecule has 0 bridgehead atoms. The quantitative estimate of drug-likeness (QED) is 0.179. The van der Waals surface area contributed by atoms with Crippen molar-refractivity contribution >= 4 is 35.1 Å². The van der Waals surface area contributed by atoms with E-state index in [4.69, 9.17) is 32.7 Å². The molecule has 4 rings (SSSR count). The molecule has 0 atom stereocenters. The predicted molar refractivity (Wildman–Crippen MR) is 146 cm³/mol. The zero-order chi connectivity index (χ0) is 26.3. The van der Waals surface area contributed by atoms with Crippen LogP contribution < -0.4 is 0 Å². The molecule has 0 unspecified atom stereocenters. The van der Waals surface area contributed by atoms with E-state index >= 15 is 0 Å². The lowest BCUT2D eigenvalue weighted by Gasteiger charge is -2.17. The third kappa shape index (κ3) is 6.07. The van der Waals surface area contributed by atoms with Gasteiger partial charge in [-0.1, -0.05) is 85.2 Å². The molecule has 1 aliphatic rings. The highest BCUT2D eigenvalue weighted by molar-refractivity contribution is 6.51. The second kappa shape index (κ2) is 12.1. The standard InChI is InChI=1S/C27H22Cl2O4.C3H6/c1-3-17(2)15-32-25(30)19-9-11-21-22-12-10-20(14-24(22)27(28,29)23(21)13-19)26(31)33-16-18-7-5-4-6-8-18;1-3-2/h4-14H,2-3,15-16H2,1H3;3H,1H2,2H3. The molecule has 3 aromatic rings. The fraction of sp³-hybridized carbons (Fsp3) is 0.200. The number of fused-ring (bicyclic) bond motifs is 3. The van der Waals surface area contributed by atoms with Gasteiger partial charge in [-0.2, -0.15) is 0 Å². The van der Waals surface area contributed by atoms with Crippen molar-refractivity contribution < 1.29 is 19.1 Å². The van der Waals surface area contributed by atoms with E-state index in [-0.39, 0.29) is 13.2 Å². The van der Waals surface area contributed by atoms with Gasteiger partial charge < -0.3 is 9.47 Å². The van der Waals surface area contributed by atoms with E-state index in [2.05, 4.69) is 13.2 Å². The number of hydrogen-bond acceptors (Lipinski definition) is 4. The number of ether oxygens (including phenoxy) is 2. The van der Waals surface area contributed by atoms with Crippen molar-refractivity contribution in [2.45, 2.75) is 31.2 Å². The van der Waals surface area contributed by atoms with Gasteiger partial charge in [0.2, 0.25) is 0 Å². The summed E-state index contributed by atoms with van der Waals surface area (Å²) in [5.41, 5.74) is 5.15. The maximum Gasteiger partial charge on any atom is 0.338 e. The Labute approximate surface area is 222 Å². The fourth-order valence-electron chi connectivity index (χ4n) is 3.64. The van der Waals surface area contributed by atoms with Gasteiger partial charge in [-0.3, -0.25) is 0 Å². The van der Waals surface area contributed by atoms with E-state index in [0.717, 1.165) is 28.7 Å². The first-order chi connectivity index (χ1) is 17.2. The lowest BCUT2D eigenvalue weighted by molar-refractivity contribution is 0.0471. The summed E-state index contributed by atoms with van der Waals surface area (Å²) in [4.78, 5) is 25.1. The molecule has 0 heterocycles. The van der Waals surface area contributed by atoms with Gasteiger partial charge in [-0.15, -0.1) is 6.58 Å². The molecule has 0 saturated carbocycles. The smallest absolute Gasteiger partial charge is 0.338 e. The Morgan fingerprint density at radius 3 is 1.89 bits per heavy atom. The largest absolute Gasteiger partial charge is 0.458 e. The van der Waals surface area contributed by atoms with Gasteiger partial charge in [0.1, 0.15) is 13.2 Å². The summed E-state index contributed by atoms with van der Waals surface area (Å²) >= 11 is 13.5. The van der Waals surface area contributed by atoms with E-state index in [1.165, 1.54) is 0 Å². The first-order valence-electron chi connectivity index (χ1n) is 11.5. The molecule has 0 N–H and O–H groups in total. The number of benzene rings is 3. The van der Waals surface area contributed by atoms with Crippen LogP contribution in [0.4, 0.5) is 0 Å². The minimum atomic E-state index is -1.43. The molecule has 0 aromatic heterocycles. The number of alkyl halides is 2. The molecule has 186 valence electrons. The normalized spacial score (nSPS) is 12.3. The number of hydrogen-bond donors (Lipinski definition) is 0. The van der Waals surface area contributed by atoms with E-state index in [0.29, 0.717) is 22.3 Å². The van der Waals surface area contributed by atoms with Crippen LogP contribution in [0.5, 0.6) is 0 Å². The van der Waals surface area contributed by atoms with Crippen molar-refractivity contribution in [3.05, 3.63) is 119 Å². The predicted octanol–water partition coefficient (Wildman–Crippen LogP) is 8.02. The third-order valence-electron chi connectivity index (χ3n) is 5.60. The Morgan fingerprint density at radius 1 is 0.889 bits per heavy atom. The fourth-order valence-corrected chi connectivity index (χ4v) is 4.26. The average Bonchev–Trinajstić information content (AvgIpc) is 3.12. The Hall–Kier alpha value is -3.34. The third-order valence-corrected chi connectivity index (χ3v) is 6.41. The lowest BCUT2D eigenvalue weighted by Crippen LogP contribution is -2.12. The van der Waals surface area contributed by atoms with Crippen LogP contribution in [-0.2, 0) is 20.4 Å². The molecule has 3 aromatic carbocycles. The maximum absolute atomic E-state index is 12.6. The Balaban J connectivity index is 0.00000115. The maximum atomic E-state index is 12.6. The number of allylic oxidation sites excluding steroid dienone is 1. The van der Waals surface area contributed by atoms with Gasteiger partial charge in [0.25, 0.3) is 0 Å². The molecule has 0 amide bonds. The molecule has 0 fully saturated rings. The monoisotopic (exact) mass is 522 g/mol. The number of halogens is 2. The van der Waals surface area contributed by atoms with E-state index < -0.39 is 16.3 Å². The van der Waals surface area contributed by atoms with E-state index in [9.17, 15) is 9.59 Å². The van der Waals surface area contributed by atoms with E-state index in [1.807, 2.05) is 44.2 Å². The molecular formula is C30H28Cl2O4. The highest BCUT2D eigenvalue weighted by atomic mass is 35.5. The minimum Gasteiger partial charge on any atom is -0.458 e. The summed E-state index contributed by atoms with van der Waals surface area (Å²) in [5, 5.41) is 0. The molecule has 0 saturated heterocycles. The van der Waals surface area contributed by atoms with Crippen molar-refractivity contribution in [2.24, 2.45) is 0 Å². The van der Waals surface area contributed by atoms with Crippen LogP contribution in [0.15, 0.2) is 91.5 Å². The van der Waals surface area contributed by atoms with Gasteiger partial charge in [0.05, 0.1) is 11.1 Å². The first-order valence-corrected chi connectivity index (χ1v) is 12.3. The van der Waals surface area contributed by atoms with Crippen LogP contribution in [0, 0.1) is 0 Å². The van der Waals surface area contributed by atoms with Gasteiger partial charge >= 0.3 is 11.9 Å². The lowest BCUT2D eigenvalue weighted by atomic mass is 10.0. The zero-order valence-corrected chi connectivity index (χ0v) is 21.9.